The Morgan fingerprint density at radius 3 is 2.60 bits per heavy atom. The quantitative estimate of drug-likeness (QED) is 0.858. The molecule has 2 aromatic heterocycles. The fourth-order valence-corrected chi connectivity index (χ4v) is 4.23. The van der Waals surface area contributed by atoms with Crippen molar-refractivity contribution in [1.82, 2.24) is 24.5 Å². The fourth-order valence-electron chi connectivity index (χ4n) is 4.23. The van der Waals surface area contributed by atoms with Crippen LogP contribution in [0.5, 0.6) is 0 Å². The molecule has 0 unspecified atom stereocenters. The van der Waals surface area contributed by atoms with Crippen LogP contribution in [0.1, 0.15) is 57.0 Å². The van der Waals surface area contributed by atoms with E-state index in [0.29, 0.717) is 0 Å². The zero-order chi connectivity index (χ0) is 17.2. The number of anilines is 1. The maximum absolute atomic E-state index is 4.84. The summed E-state index contributed by atoms with van der Waals surface area (Å²) in [5.74, 6) is 3.59. The summed E-state index contributed by atoms with van der Waals surface area (Å²) in [6.45, 7) is 9.76. The average Bonchev–Trinajstić information content (AvgIpc) is 2.80. The number of nitrogens with zero attached hydrogens (tertiary/aromatic N) is 6. The van der Waals surface area contributed by atoms with Crippen molar-refractivity contribution < 1.29 is 0 Å². The molecule has 0 radical (unpaired) electrons. The molecule has 6 heteroatoms. The molecule has 2 aliphatic heterocycles. The lowest BCUT2D eigenvalue weighted by Gasteiger charge is -2.29. The third kappa shape index (κ3) is 3.78. The maximum atomic E-state index is 4.84. The summed E-state index contributed by atoms with van der Waals surface area (Å²) in [6, 6.07) is 2.17. The summed E-state index contributed by atoms with van der Waals surface area (Å²) in [5.41, 5.74) is 1.03. The first-order valence-corrected chi connectivity index (χ1v) is 9.89. The van der Waals surface area contributed by atoms with Gasteiger partial charge in [-0.3, -0.25) is 4.90 Å². The summed E-state index contributed by atoms with van der Waals surface area (Å²) in [6.07, 6.45) is 7.81. The monoisotopic (exact) mass is 342 g/mol. The molecule has 0 saturated carbocycles. The molecule has 4 heterocycles. The second-order valence-electron chi connectivity index (χ2n) is 7.88. The summed E-state index contributed by atoms with van der Waals surface area (Å²) < 4.78 is 1.97. The van der Waals surface area contributed by atoms with Crippen LogP contribution in [0.25, 0.3) is 5.78 Å². The Bertz CT molecular complexity index is 716. The number of likely N-dealkylation sites (tertiary alicyclic amines) is 1. The molecule has 2 aromatic rings. The Labute approximate surface area is 150 Å². The number of rotatable bonds is 3. The summed E-state index contributed by atoms with van der Waals surface area (Å²) >= 11 is 0. The van der Waals surface area contributed by atoms with Gasteiger partial charge in [0.15, 0.2) is 5.82 Å². The fraction of sp³-hybridized carbons (Fsp3) is 0.737. The standard InChI is InChI=1S/C19H30N6/c1-15-8-7-9-23(13-15)14-17-21-19-20-16(2)12-18(25(19)22-17)24-10-5-3-4-6-11-24/h12,15H,3-11,13-14H2,1-2H3/t15-/m0/s1. The predicted octanol–water partition coefficient (Wildman–Crippen LogP) is 3.05. The molecule has 2 saturated heterocycles. The van der Waals surface area contributed by atoms with E-state index in [2.05, 4.69) is 34.7 Å². The number of aromatic nitrogens is 4. The highest BCUT2D eigenvalue weighted by Gasteiger charge is 2.20. The first-order chi connectivity index (χ1) is 12.2. The highest BCUT2D eigenvalue weighted by atomic mass is 15.4. The van der Waals surface area contributed by atoms with Crippen molar-refractivity contribution >= 4 is 11.6 Å². The molecule has 25 heavy (non-hydrogen) atoms. The molecule has 0 spiro atoms. The second kappa shape index (κ2) is 7.28. The molecule has 0 bridgehead atoms. The lowest BCUT2D eigenvalue weighted by Crippen LogP contribution is -2.34. The van der Waals surface area contributed by atoms with Gasteiger partial charge in [0, 0.05) is 31.4 Å². The Balaban J connectivity index is 1.61. The largest absolute Gasteiger partial charge is 0.356 e. The van der Waals surface area contributed by atoms with Crippen LogP contribution in [0.4, 0.5) is 5.82 Å². The van der Waals surface area contributed by atoms with E-state index in [1.807, 2.05) is 4.52 Å². The molecule has 1 atom stereocenters. The minimum Gasteiger partial charge on any atom is -0.356 e. The van der Waals surface area contributed by atoms with Gasteiger partial charge in [0.05, 0.1) is 6.54 Å². The second-order valence-corrected chi connectivity index (χ2v) is 7.88. The lowest BCUT2D eigenvalue weighted by atomic mass is 10.0. The molecule has 0 aromatic carbocycles. The predicted molar refractivity (Wildman–Crippen MR) is 99.9 cm³/mol. The van der Waals surface area contributed by atoms with Gasteiger partial charge >= 0.3 is 0 Å². The third-order valence-electron chi connectivity index (χ3n) is 5.50. The molecule has 4 rings (SSSR count). The molecule has 136 valence electrons. The van der Waals surface area contributed by atoms with Crippen LogP contribution in [-0.2, 0) is 6.54 Å². The van der Waals surface area contributed by atoms with E-state index in [0.717, 1.165) is 61.8 Å². The molecule has 0 aliphatic carbocycles. The third-order valence-corrected chi connectivity index (χ3v) is 5.50. The highest BCUT2D eigenvalue weighted by molar-refractivity contribution is 5.47. The first kappa shape index (κ1) is 16.8. The molecular formula is C19H30N6. The van der Waals surface area contributed by atoms with Crippen LogP contribution < -0.4 is 4.90 Å². The molecule has 2 aliphatic rings. The van der Waals surface area contributed by atoms with E-state index in [9.17, 15) is 0 Å². The zero-order valence-electron chi connectivity index (χ0n) is 15.6. The number of aryl methyl sites for hydroxylation is 1. The van der Waals surface area contributed by atoms with Gasteiger partial charge in [-0.1, -0.05) is 19.8 Å². The van der Waals surface area contributed by atoms with Gasteiger partial charge < -0.3 is 4.90 Å². The van der Waals surface area contributed by atoms with Crippen LogP contribution in [0.3, 0.4) is 0 Å². The topological polar surface area (TPSA) is 49.6 Å². The zero-order valence-corrected chi connectivity index (χ0v) is 15.6. The van der Waals surface area contributed by atoms with Crippen LogP contribution in [0.15, 0.2) is 6.07 Å². The minimum absolute atomic E-state index is 0.749. The Kier molecular flexibility index (Phi) is 4.88. The van der Waals surface area contributed by atoms with Gasteiger partial charge in [0.25, 0.3) is 5.78 Å². The summed E-state index contributed by atoms with van der Waals surface area (Å²) in [5, 5.41) is 4.84. The van der Waals surface area contributed by atoms with E-state index in [4.69, 9.17) is 10.1 Å². The van der Waals surface area contributed by atoms with Crippen LogP contribution in [0, 0.1) is 12.8 Å². The van der Waals surface area contributed by atoms with Crippen molar-refractivity contribution in [3.63, 3.8) is 0 Å². The van der Waals surface area contributed by atoms with Gasteiger partial charge in [0.1, 0.15) is 5.82 Å². The van der Waals surface area contributed by atoms with Gasteiger partial charge in [-0.2, -0.15) is 9.50 Å². The van der Waals surface area contributed by atoms with Gasteiger partial charge in [-0.15, -0.1) is 5.10 Å². The highest BCUT2D eigenvalue weighted by Crippen LogP contribution is 2.22. The molecule has 0 amide bonds. The summed E-state index contributed by atoms with van der Waals surface area (Å²) in [4.78, 5) is 14.3. The SMILES string of the molecule is Cc1cc(N2CCCCCC2)n2nc(CN3CCC[C@H](C)C3)nc2n1. The number of piperidine rings is 1. The van der Waals surface area contributed by atoms with Crippen molar-refractivity contribution in [2.75, 3.05) is 31.1 Å². The molecular weight excluding hydrogens is 312 g/mol. The van der Waals surface area contributed by atoms with Gasteiger partial charge in [-0.25, -0.2) is 4.98 Å². The number of fused-ring (bicyclic) bond motifs is 1. The van der Waals surface area contributed by atoms with Gasteiger partial charge in [-0.05, 0) is 45.1 Å². The van der Waals surface area contributed by atoms with E-state index in [1.165, 1.54) is 38.5 Å². The van der Waals surface area contributed by atoms with Crippen molar-refractivity contribution in [3.05, 3.63) is 17.6 Å². The minimum atomic E-state index is 0.749. The smallest absolute Gasteiger partial charge is 0.254 e. The molecule has 6 nitrogen and oxygen atoms in total. The lowest BCUT2D eigenvalue weighted by molar-refractivity contribution is 0.173. The number of hydrogen-bond donors (Lipinski definition) is 0. The van der Waals surface area contributed by atoms with E-state index >= 15 is 0 Å². The number of hydrogen-bond acceptors (Lipinski definition) is 5. The van der Waals surface area contributed by atoms with Gasteiger partial charge in [0.2, 0.25) is 0 Å². The molecule has 2 fully saturated rings. The van der Waals surface area contributed by atoms with E-state index < -0.39 is 0 Å². The Morgan fingerprint density at radius 1 is 1.04 bits per heavy atom. The van der Waals surface area contributed by atoms with Crippen molar-refractivity contribution in [2.24, 2.45) is 5.92 Å². The Morgan fingerprint density at radius 2 is 1.84 bits per heavy atom. The van der Waals surface area contributed by atoms with Crippen LogP contribution in [-0.4, -0.2) is 50.7 Å². The Hall–Kier alpha value is -1.69. The van der Waals surface area contributed by atoms with Crippen molar-refractivity contribution in [2.45, 2.75) is 58.9 Å². The first-order valence-electron chi connectivity index (χ1n) is 9.89. The van der Waals surface area contributed by atoms with E-state index in [1.54, 1.807) is 0 Å². The molecule has 0 N–H and O–H groups in total. The van der Waals surface area contributed by atoms with Crippen LogP contribution in [0.2, 0.25) is 0 Å². The van der Waals surface area contributed by atoms with Crippen molar-refractivity contribution in [3.8, 4) is 0 Å². The van der Waals surface area contributed by atoms with Crippen LogP contribution >= 0.6 is 0 Å². The van der Waals surface area contributed by atoms with Crippen molar-refractivity contribution in [1.29, 1.82) is 0 Å². The van der Waals surface area contributed by atoms with E-state index in [-0.39, 0.29) is 0 Å². The normalized spacial score (nSPS) is 23.1. The maximum Gasteiger partial charge on any atom is 0.254 e. The summed E-state index contributed by atoms with van der Waals surface area (Å²) in [7, 11) is 0. The average molecular weight is 342 g/mol.